The van der Waals surface area contributed by atoms with Crippen LogP contribution in [0.5, 0.6) is 0 Å². The number of nitrogens with one attached hydrogen (secondary N) is 1. The molecule has 17 heavy (non-hydrogen) atoms. The zero-order chi connectivity index (χ0) is 12.1. The van der Waals surface area contributed by atoms with Crippen LogP contribution in [0.1, 0.15) is 21.7 Å². The molecule has 2 heterocycles. The molecule has 0 bridgehead atoms. The number of carbonyl (C=O) groups is 1. The van der Waals surface area contributed by atoms with E-state index in [1.54, 1.807) is 23.8 Å². The number of nitrogens with two attached hydrogens (primary N) is 1. The van der Waals surface area contributed by atoms with Gasteiger partial charge in [0.1, 0.15) is 0 Å². The Bertz CT molecular complexity index is 498. The lowest BCUT2D eigenvalue weighted by Gasteiger charge is -2.04. The van der Waals surface area contributed by atoms with E-state index < -0.39 is 0 Å². The Morgan fingerprint density at radius 2 is 2.29 bits per heavy atom. The molecule has 88 valence electrons. The highest BCUT2D eigenvalue weighted by molar-refractivity contribution is 7.07. The first kappa shape index (κ1) is 11.7. The highest BCUT2D eigenvalue weighted by Gasteiger charge is 2.06. The molecule has 0 spiro atoms. The van der Waals surface area contributed by atoms with Crippen LogP contribution in [0, 0.1) is 0 Å². The van der Waals surface area contributed by atoms with Crippen molar-refractivity contribution in [1.82, 2.24) is 15.3 Å². The number of carbonyl (C=O) groups excluding carboxylic acids is 1. The van der Waals surface area contributed by atoms with Crippen LogP contribution >= 0.6 is 11.3 Å². The van der Waals surface area contributed by atoms with Crippen LogP contribution in [-0.2, 0) is 13.1 Å². The Morgan fingerprint density at radius 1 is 1.41 bits per heavy atom. The molecular formula is C11H12N4OS. The summed E-state index contributed by atoms with van der Waals surface area (Å²) < 4.78 is 0. The molecule has 0 saturated heterocycles. The molecule has 0 aromatic carbocycles. The maximum atomic E-state index is 11.8. The summed E-state index contributed by atoms with van der Waals surface area (Å²) in [7, 11) is 0. The van der Waals surface area contributed by atoms with Gasteiger partial charge in [-0.05, 0) is 12.1 Å². The van der Waals surface area contributed by atoms with Gasteiger partial charge >= 0.3 is 0 Å². The number of thiazole rings is 1. The zero-order valence-electron chi connectivity index (χ0n) is 9.09. The van der Waals surface area contributed by atoms with Gasteiger partial charge in [-0.1, -0.05) is 0 Å². The minimum absolute atomic E-state index is 0.143. The fourth-order valence-electron chi connectivity index (χ4n) is 1.33. The van der Waals surface area contributed by atoms with Gasteiger partial charge in [0.05, 0.1) is 23.4 Å². The third-order valence-corrected chi connectivity index (χ3v) is 2.84. The number of aromatic nitrogens is 2. The van der Waals surface area contributed by atoms with Crippen molar-refractivity contribution in [2.75, 3.05) is 0 Å². The maximum Gasteiger partial charge on any atom is 0.251 e. The van der Waals surface area contributed by atoms with Gasteiger partial charge in [0.2, 0.25) is 0 Å². The summed E-state index contributed by atoms with van der Waals surface area (Å²) in [6.45, 7) is 0.760. The third kappa shape index (κ3) is 3.08. The van der Waals surface area contributed by atoms with Crippen LogP contribution < -0.4 is 11.1 Å². The molecule has 0 saturated carbocycles. The Kier molecular flexibility index (Phi) is 3.79. The molecule has 0 aliphatic rings. The van der Waals surface area contributed by atoms with Gasteiger partial charge in [0.15, 0.2) is 0 Å². The minimum Gasteiger partial charge on any atom is -0.346 e. The second kappa shape index (κ2) is 5.51. The van der Waals surface area contributed by atoms with Crippen molar-refractivity contribution in [3.63, 3.8) is 0 Å². The summed E-state index contributed by atoms with van der Waals surface area (Å²) >= 11 is 1.50. The van der Waals surface area contributed by atoms with E-state index >= 15 is 0 Å². The van der Waals surface area contributed by atoms with E-state index in [2.05, 4.69) is 15.3 Å². The molecule has 0 radical (unpaired) electrons. The fraction of sp³-hybridized carbons (Fsp3) is 0.182. The lowest BCUT2D eigenvalue weighted by molar-refractivity contribution is 0.0950. The summed E-state index contributed by atoms with van der Waals surface area (Å²) in [6.07, 6.45) is 1.58. The van der Waals surface area contributed by atoms with Crippen LogP contribution in [0.25, 0.3) is 0 Å². The lowest BCUT2D eigenvalue weighted by atomic mass is 10.2. The molecule has 2 aromatic rings. The summed E-state index contributed by atoms with van der Waals surface area (Å²) in [4.78, 5) is 19.9. The van der Waals surface area contributed by atoms with Crippen molar-refractivity contribution in [3.8, 4) is 0 Å². The topological polar surface area (TPSA) is 80.9 Å². The third-order valence-electron chi connectivity index (χ3n) is 2.20. The SMILES string of the molecule is NCc1cc(C(=O)NCc2cscn2)ccn1. The van der Waals surface area contributed by atoms with Crippen molar-refractivity contribution in [1.29, 1.82) is 0 Å². The van der Waals surface area contributed by atoms with Crippen molar-refractivity contribution < 1.29 is 4.79 Å². The smallest absolute Gasteiger partial charge is 0.251 e. The molecule has 0 unspecified atom stereocenters. The Balaban J connectivity index is 1.99. The summed E-state index contributed by atoms with van der Waals surface area (Å²) in [6, 6.07) is 3.35. The molecular weight excluding hydrogens is 236 g/mol. The highest BCUT2D eigenvalue weighted by Crippen LogP contribution is 2.03. The van der Waals surface area contributed by atoms with Gasteiger partial charge < -0.3 is 11.1 Å². The van der Waals surface area contributed by atoms with Crippen LogP contribution in [0.4, 0.5) is 0 Å². The fourth-order valence-corrected chi connectivity index (χ4v) is 1.89. The molecule has 5 nitrogen and oxygen atoms in total. The molecule has 0 atom stereocenters. The van der Waals surface area contributed by atoms with E-state index in [0.29, 0.717) is 24.3 Å². The first-order valence-corrected chi connectivity index (χ1v) is 6.04. The minimum atomic E-state index is -0.143. The highest BCUT2D eigenvalue weighted by atomic mass is 32.1. The maximum absolute atomic E-state index is 11.8. The average Bonchev–Trinajstić information content (AvgIpc) is 2.89. The summed E-state index contributed by atoms with van der Waals surface area (Å²) in [5, 5.41) is 4.69. The van der Waals surface area contributed by atoms with Gasteiger partial charge in [-0.25, -0.2) is 4.98 Å². The van der Waals surface area contributed by atoms with Crippen LogP contribution in [0.15, 0.2) is 29.2 Å². The van der Waals surface area contributed by atoms with E-state index in [9.17, 15) is 4.79 Å². The van der Waals surface area contributed by atoms with Crippen molar-refractivity contribution in [2.24, 2.45) is 5.73 Å². The largest absolute Gasteiger partial charge is 0.346 e. The van der Waals surface area contributed by atoms with E-state index in [1.807, 2.05) is 5.38 Å². The molecule has 6 heteroatoms. The number of rotatable bonds is 4. The summed E-state index contributed by atoms with van der Waals surface area (Å²) in [5.41, 5.74) is 9.33. The number of pyridine rings is 1. The van der Waals surface area contributed by atoms with Gasteiger partial charge in [-0.3, -0.25) is 9.78 Å². The Morgan fingerprint density at radius 3 is 3.00 bits per heavy atom. The average molecular weight is 248 g/mol. The Hall–Kier alpha value is -1.79. The van der Waals surface area contributed by atoms with Gasteiger partial charge in [-0.15, -0.1) is 11.3 Å². The Labute approximate surface area is 103 Å². The molecule has 0 aliphatic carbocycles. The molecule has 0 aliphatic heterocycles. The summed E-state index contributed by atoms with van der Waals surface area (Å²) in [5.74, 6) is -0.143. The normalized spacial score (nSPS) is 10.2. The van der Waals surface area contributed by atoms with E-state index in [4.69, 9.17) is 5.73 Å². The van der Waals surface area contributed by atoms with Gasteiger partial charge in [0, 0.05) is 23.7 Å². The first-order valence-electron chi connectivity index (χ1n) is 5.10. The van der Waals surface area contributed by atoms with Crippen molar-refractivity contribution in [2.45, 2.75) is 13.1 Å². The quantitative estimate of drug-likeness (QED) is 0.843. The van der Waals surface area contributed by atoms with Crippen molar-refractivity contribution >= 4 is 17.2 Å². The predicted molar refractivity (Wildman–Crippen MR) is 65.4 cm³/mol. The zero-order valence-corrected chi connectivity index (χ0v) is 9.91. The lowest BCUT2D eigenvalue weighted by Crippen LogP contribution is -2.23. The number of nitrogens with zero attached hydrogens (tertiary/aromatic N) is 2. The molecule has 3 N–H and O–H groups in total. The predicted octanol–water partition coefficient (Wildman–Crippen LogP) is 0.927. The number of amides is 1. The van der Waals surface area contributed by atoms with E-state index in [-0.39, 0.29) is 5.91 Å². The molecule has 0 fully saturated rings. The van der Waals surface area contributed by atoms with Crippen LogP contribution in [0.3, 0.4) is 0 Å². The standard InChI is InChI=1S/C11H12N4OS/c12-4-9-3-8(1-2-13-9)11(16)14-5-10-6-17-7-15-10/h1-3,6-7H,4-5,12H2,(H,14,16). The van der Waals surface area contributed by atoms with Crippen LogP contribution in [-0.4, -0.2) is 15.9 Å². The second-order valence-corrected chi connectivity index (χ2v) is 4.12. The van der Waals surface area contributed by atoms with Crippen LogP contribution in [0.2, 0.25) is 0 Å². The van der Waals surface area contributed by atoms with E-state index in [0.717, 1.165) is 5.69 Å². The van der Waals surface area contributed by atoms with Gasteiger partial charge in [0.25, 0.3) is 5.91 Å². The second-order valence-electron chi connectivity index (χ2n) is 3.40. The van der Waals surface area contributed by atoms with Crippen molar-refractivity contribution in [3.05, 3.63) is 46.2 Å². The monoisotopic (exact) mass is 248 g/mol. The first-order chi connectivity index (χ1) is 8.29. The molecule has 2 aromatic heterocycles. The molecule has 2 rings (SSSR count). The number of hydrogen-bond acceptors (Lipinski definition) is 5. The van der Waals surface area contributed by atoms with Gasteiger partial charge in [-0.2, -0.15) is 0 Å². The number of hydrogen-bond donors (Lipinski definition) is 2. The molecule has 1 amide bonds. The van der Waals surface area contributed by atoms with E-state index in [1.165, 1.54) is 11.3 Å².